The minimum absolute atomic E-state index is 0.145. The van der Waals surface area contributed by atoms with Gasteiger partial charge in [0.05, 0.1) is 0 Å². The van der Waals surface area contributed by atoms with E-state index >= 15 is 0 Å². The van der Waals surface area contributed by atoms with E-state index in [0.717, 1.165) is 5.56 Å². The maximum Gasteiger partial charge on any atom is 0.408 e. The molecule has 0 saturated heterocycles. The monoisotopic (exact) mass is 493 g/mol. The fourth-order valence-electron chi connectivity index (χ4n) is 3.01. The van der Waals surface area contributed by atoms with Crippen molar-refractivity contribution in [1.29, 1.82) is 0 Å². The Bertz CT molecular complexity index is 845. The summed E-state index contributed by atoms with van der Waals surface area (Å²) in [7, 11) is 0. The number of carbonyl (C=O) groups excluding carboxylic acids is 3. The lowest BCUT2D eigenvalue weighted by Crippen LogP contribution is -2.52. The van der Waals surface area contributed by atoms with E-state index < -0.39 is 47.3 Å². The highest BCUT2D eigenvalue weighted by atomic mass is 16.6. The zero-order valence-corrected chi connectivity index (χ0v) is 21.5. The molecule has 4 N–H and O–H groups in total. The Balaban J connectivity index is 2.76. The molecule has 196 valence electrons. The van der Waals surface area contributed by atoms with E-state index in [1.165, 1.54) is 0 Å². The van der Waals surface area contributed by atoms with E-state index in [1.54, 1.807) is 41.5 Å². The molecule has 0 aliphatic heterocycles. The Morgan fingerprint density at radius 1 is 0.829 bits per heavy atom. The number of hydrogen-bond donors (Lipinski definition) is 4. The van der Waals surface area contributed by atoms with Gasteiger partial charge in [0.15, 0.2) is 0 Å². The van der Waals surface area contributed by atoms with Gasteiger partial charge in [0.25, 0.3) is 0 Å². The number of benzene rings is 1. The first-order valence-corrected chi connectivity index (χ1v) is 11.7. The van der Waals surface area contributed by atoms with Crippen LogP contribution in [-0.2, 0) is 25.5 Å². The average molecular weight is 494 g/mol. The Morgan fingerprint density at radius 3 is 1.94 bits per heavy atom. The molecule has 0 radical (unpaired) electrons. The molecule has 0 spiro atoms. The number of carboxylic acid groups (broad SMARTS) is 1. The van der Waals surface area contributed by atoms with Crippen LogP contribution in [0.4, 0.5) is 9.59 Å². The number of alkyl carbamates (subject to hydrolysis) is 2. The zero-order valence-electron chi connectivity index (χ0n) is 21.5. The van der Waals surface area contributed by atoms with Crippen LogP contribution in [-0.4, -0.2) is 59.0 Å². The van der Waals surface area contributed by atoms with Gasteiger partial charge in [-0.15, -0.1) is 0 Å². The second kappa shape index (κ2) is 13.6. The first kappa shape index (κ1) is 29.7. The minimum atomic E-state index is -1.17. The number of amides is 3. The number of aliphatic carboxylic acids is 1. The number of carbonyl (C=O) groups is 4. The SMILES string of the molecule is CC(C)(C)OC(=O)NCCC[C@H](NC(=O)OC(C)(C)C)C(=O)N[C@H](CCc1ccccc1)C(=O)O. The Labute approximate surface area is 207 Å². The van der Waals surface area contributed by atoms with Crippen molar-refractivity contribution in [3.63, 3.8) is 0 Å². The van der Waals surface area contributed by atoms with Gasteiger partial charge in [-0.3, -0.25) is 4.79 Å². The third kappa shape index (κ3) is 13.9. The standard InChI is InChI=1S/C25H39N3O7/c1-24(2,3)34-22(32)26-16-10-13-18(28-23(33)35-25(4,5)6)20(29)27-19(21(30)31)15-14-17-11-8-7-9-12-17/h7-9,11-12,18-19H,10,13-16H2,1-6H3,(H,26,32)(H,27,29)(H,28,33)(H,30,31)/t18-,19+/m0/s1. The van der Waals surface area contributed by atoms with Crippen LogP contribution in [0.1, 0.15) is 66.4 Å². The zero-order chi connectivity index (χ0) is 26.6. The summed E-state index contributed by atoms with van der Waals surface area (Å²) >= 11 is 0. The molecule has 35 heavy (non-hydrogen) atoms. The highest BCUT2D eigenvalue weighted by Gasteiger charge is 2.28. The van der Waals surface area contributed by atoms with Gasteiger partial charge in [-0.1, -0.05) is 30.3 Å². The van der Waals surface area contributed by atoms with Gasteiger partial charge in [-0.2, -0.15) is 0 Å². The molecule has 0 aliphatic carbocycles. The lowest BCUT2D eigenvalue weighted by Gasteiger charge is -2.25. The molecular formula is C25H39N3O7. The first-order chi connectivity index (χ1) is 16.2. The molecule has 0 bridgehead atoms. The van der Waals surface area contributed by atoms with Gasteiger partial charge in [0, 0.05) is 6.54 Å². The first-order valence-electron chi connectivity index (χ1n) is 11.7. The summed E-state index contributed by atoms with van der Waals surface area (Å²) < 4.78 is 10.4. The van der Waals surface area contributed by atoms with Gasteiger partial charge in [-0.25, -0.2) is 14.4 Å². The number of rotatable bonds is 11. The predicted octanol–water partition coefficient (Wildman–Crippen LogP) is 3.39. The van der Waals surface area contributed by atoms with Crippen molar-refractivity contribution < 1.29 is 33.8 Å². The molecule has 0 fully saturated rings. The number of carboxylic acids is 1. The lowest BCUT2D eigenvalue weighted by molar-refractivity contribution is -0.142. The Kier molecular flexibility index (Phi) is 11.5. The third-order valence-electron chi connectivity index (χ3n) is 4.52. The fraction of sp³-hybridized carbons (Fsp3) is 0.600. The van der Waals surface area contributed by atoms with Crippen LogP contribution in [0.3, 0.4) is 0 Å². The van der Waals surface area contributed by atoms with E-state index in [4.69, 9.17) is 9.47 Å². The molecule has 0 unspecified atom stereocenters. The molecule has 0 aliphatic rings. The predicted molar refractivity (Wildman–Crippen MR) is 131 cm³/mol. The molecule has 10 heteroatoms. The molecule has 0 heterocycles. The lowest BCUT2D eigenvalue weighted by atomic mass is 10.0. The van der Waals surface area contributed by atoms with Crippen molar-refractivity contribution in [2.45, 2.75) is 90.5 Å². The molecule has 1 aromatic carbocycles. The largest absolute Gasteiger partial charge is 0.480 e. The molecule has 1 aromatic rings. The van der Waals surface area contributed by atoms with Crippen LogP contribution in [0.25, 0.3) is 0 Å². The van der Waals surface area contributed by atoms with Gasteiger partial charge in [0.1, 0.15) is 23.3 Å². The number of hydrogen-bond acceptors (Lipinski definition) is 6. The maximum absolute atomic E-state index is 12.9. The van der Waals surface area contributed by atoms with E-state index in [0.29, 0.717) is 12.8 Å². The van der Waals surface area contributed by atoms with E-state index in [-0.39, 0.29) is 19.4 Å². The summed E-state index contributed by atoms with van der Waals surface area (Å²) in [5.74, 6) is -1.81. The second-order valence-corrected chi connectivity index (χ2v) is 10.2. The molecule has 3 amide bonds. The smallest absolute Gasteiger partial charge is 0.408 e. The summed E-state index contributed by atoms with van der Waals surface area (Å²) in [5, 5.41) is 17.2. The summed E-state index contributed by atoms with van der Waals surface area (Å²) in [6.45, 7) is 10.5. The third-order valence-corrected chi connectivity index (χ3v) is 4.52. The van der Waals surface area contributed by atoms with E-state index in [1.807, 2.05) is 30.3 Å². The van der Waals surface area contributed by atoms with Crippen LogP contribution in [0.2, 0.25) is 0 Å². The van der Waals surface area contributed by atoms with Gasteiger partial charge in [0.2, 0.25) is 5.91 Å². The summed E-state index contributed by atoms with van der Waals surface area (Å²) in [6.07, 6.45) is -0.271. The summed E-state index contributed by atoms with van der Waals surface area (Å²) in [5.41, 5.74) is -0.469. The highest BCUT2D eigenvalue weighted by Crippen LogP contribution is 2.10. The van der Waals surface area contributed by atoms with Crippen molar-refractivity contribution in [1.82, 2.24) is 16.0 Å². The van der Waals surface area contributed by atoms with Crippen molar-refractivity contribution in [3.05, 3.63) is 35.9 Å². The second-order valence-electron chi connectivity index (χ2n) is 10.2. The number of aryl methyl sites for hydroxylation is 1. The van der Waals surface area contributed by atoms with Crippen molar-refractivity contribution in [3.8, 4) is 0 Å². The minimum Gasteiger partial charge on any atom is -0.480 e. The molecule has 0 aromatic heterocycles. The van der Waals surface area contributed by atoms with Gasteiger partial charge < -0.3 is 30.5 Å². The molecule has 0 saturated carbocycles. The quantitative estimate of drug-likeness (QED) is 0.346. The summed E-state index contributed by atoms with van der Waals surface area (Å²) in [6, 6.07) is 7.15. The van der Waals surface area contributed by atoms with Crippen molar-refractivity contribution in [2.24, 2.45) is 0 Å². The van der Waals surface area contributed by atoms with Crippen molar-refractivity contribution in [2.75, 3.05) is 6.54 Å². The van der Waals surface area contributed by atoms with Crippen LogP contribution >= 0.6 is 0 Å². The van der Waals surface area contributed by atoms with Crippen molar-refractivity contribution >= 4 is 24.1 Å². The molecular weight excluding hydrogens is 454 g/mol. The highest BCUT2D eigenvalue weighted by molar-refractivity contribution is 5.89. The van der Waals surface area contributed by atoms with Crippen LogP contribution in [0, 0.1) is 0 Å². The van der Waals surface area contributed by atoms with Crippen LogP contribution in [0.15, 0.2) is 30.3 Å². The fourth-order valence-corrected chi connectivity index (χ4v) is 3.01. The average Bonchev–Trinajstić information content (AvgIpc) is 2.71. The topological polar surface area (TPSA) is 143 Å². The number of nitrogens with one attached hydrogen (secondary N) is 3. The summed E-state index contributed by atoms with van der Waals surface area (Å²) in [4.78, 5) is 48.8. The molecule has 1 rings (SSSR count). The Morgan fingerprint density at radius 2 is 1.40 bits per heavy atom. The maximum atomic E-state index is 12.9. The van der Waals surface area contributed by atoms with Gasteiger partial charge >= 0.3 is 18.2 Å². The van der Waals surface area contributed by atoms with E-state index in [2.05, 4.69) is 16.0 Å². The normalized spacial score (nSPS) is 13.2. The van der Waals surface area contributed by atoms with E-state index in [9.17, 15) is 24.3 Å². The Hall–Kier alpha value is -3.30. The van der Waals surface area contributed by atoms with Crippen LogP contribution in [0.5, 0.6) is 0 Å². The van der Waals surface area contributed by atoms with Gasteiger partial charge in [-0.05, 0) is 72.8 Å². The molecule has 10 nitrogen and oxygen atoms in total. The number of ether oxygens (including phenoxy) is 2. The molecule has 2 atom stereocenters. The van der Waals surface area contributed by atoms with Crippen LogP contribution < -0.4 is 16.0 Å².